The summed E-state index contributed by atoms with van der Waals surface area (Å²) in [6.07, 6.45) is 4.66. The molecule has 1 saturated carbocycles. The molecule has 0 bridgehead atoms. The van der Waals surface area contributed by atoms with E-state index < -0.39 is 0 Å². The number of benzene rings is 1. The van der Waals surface area contributed by atoms with Crippen molar-refractivity contribution in [1.82, 2.24) is 5.32 Å². The van der Waals surface area contributed by atoms with Gasteiger partial charge in [-0.2, -0.15) is 0 Å². The zero-order valence-corrected chi connectivity index (χ0v) is 12.1. The van der Waals surface area contributed by atoms with E-state index in [1.165, 1.54) is 18.4 Å². The Bertz CT molecular complexity index is 462. The van der Waals surface area contributed by atoms with Crippen LogP contribution in [0, 0.1) is 20.8 Å². The SMILES string of the molecule is Cc1cc(C)c(C)c(OCC(=O)NC2CCCC2)c1. The van der Waals surface area contributed by atoms with Crippen molar-refractivity contribution in [3.05, 3.63) is 28.8 Å². The zero-order chi connectivity index (χ0) is 13.8. The van der Waals surface area contributed by atoms with Gasteiger partial charge in [-0.25, -0.2) is 0 Å². The predicted molar refractivity (Wildman–Crippen MR) is 76.5 cm³/mol. The molecule has 0 radical (unpaired) electrons. The van der Waals surface area contributed by atoms with E-state index >= 15 is 0 Å². The van der Waals surface area contributed by atoms with E-state index in [2.05, 4.69) is 18.3 Å². The second kappa shape index (κ2) is 6.09. The van der Waals surface area contributed by atoms with Gasteiger partial charge >= 0.3 is 0 Å². The van der Waals surface area contributed by atoms with E-state index in [0.29, 0.717) is 6.04 Å². The second-order valence-corrected chi connectivity index (χ2v) is 5.54. The first-order valence-electron chi connectivity index (χ1n) is 7.06. The summed E-state index contributed by atoms with van der Waals surface area (Å²) in [5.41, 5.74) is 3.47. The molecule has 1 N–H and O–H groups in total. The number of amides is 1. The fraction of sp³-hybridized carbons (Fsp3) is 0.562. The Morgan fingerprint density at radius 2 is 1.95 bits per heavy atom. The maximum Gasteiger partial charge on any atom is 0.258 e. The van der Waals surface area contributed by atoms with Crippen LogP contribution in [0.2, 0.25) is 0 Å². The van der Waals surface area contributed by atoms with Crippen molar-refractivity contribution in [1.29, 1.82) is 0 Å². The summed E-state index contributed by atoms with van der Waals surface area (Å²) in [5.74, 6) is 0.810. The van der Waals surface area contributed by atoms with Gasteiger partial charge in [0.15, 0.2) is 6.61 Å². The van der Waals surface area contributed by atoms with Crippen LogP contribution in [-0.2, 0) is 4.79 Å². The average Bonchev–Trinajstić information content (AvgIpc) is 2.84. The molecule has 0 aromatic heterocycles. The summed E-state index contributed by atoms with van der Waals surface area (Å²) in [6, 6.07) is 4.47. The summed E-state index contributed by atoms with van der Waals surface area (Å²) < 4.78 is 5.66. The van der Waals surface area contributed by atoms with Crippen molar-refractivity contribution < 1.29 is 9.53 Å². The summed E-state index contributed by atoms with van der Waals surface area (Å²) in [6.45, 7) is 6.24. The van der Waals surface area contributed by atoms with Crippen molar-refractivity contribution in [3.8, 4) is 5.75 Å². The molecule has 19 heavy (non-hydrogen) atoms. The van der Waals surface area contributed by atoms with Crippen LogP contribution in [0.3, 0.4) is 0 Å². The van der Waals surface area contributed by atoms with Gasteiger partial charge < -0.3 is 10.1 Å². The van der Waals surface area contributed by atoms with Crippen LogP contribution in [0.5, 0.6) is 5.75 Å². The first-order valence-corrected chi connectivity index (χ1v) is 7.06. The molecule has 1 aromatic carbocycles. The van der Waals surface area contributed by atoms with E-state index in [1.54, 1.807) is 0 Å². The molecule has 104 valence electrons. The smallest absolute Gasteiger partial charge is 0.258 e. The molecule has 1 amide bonds. The lowest BCUT2D eigenvalue weighted by Gasteiger charge is -2.14. The van der Waals surface area contributed by atoms with Crippen LogP contribution in [0.4, 0.5) is 0 Å². The Kier molecular flexibility index (Phi) is 4.46. The Labute approximate surface area is 115 Å². The molecule has 2 rings (SSSR count). The first-order chi connectivity index (χ1) is 9.06. The van der Waals surface area contributed by atoms with Gasteiger partial charge in [0.05, 0.1) is 0 Å². The summed E-state index contributed by atoms with van der Waals surface area (Å²) in [5, 5.41) is 3.03. The van der Waals surface area contributed by atoms with Gasteiger partial charge in [-0.1, -0.05) is 18.9 Å². The van der Waals surface area contributed by atoms with Gasteiger partial charge in [0.2, 0.25) is 0 Å². The van der Waals surface area contributed by atoms with Gasteiger partial charge in [-0.05, 0) is 56.4 Å². The molecule has 1 aromatic rings. The number of hydrogen-bond acceptors (Lipinski definition) is 2. The van der Waals surface area contributed by atoms with Crippen LogP contribution in [-0.4, -0.2) is 18.6 Å². The molecule has 0 spiro atoms. The second-order valence-electron chi connectivity index (χ2n) is 5.54. The number of carbonyl (C=O) groups excluding carboxylic acids is 1. The fourth-order valence-electron chi connectivity index (χ4n) is 2.63. The quantitative estimate of drug-likeness (QED) is 0.904. The van der Waals surface area contributed by atoms with E-state index in [9.17, 15) is 4.79 Å². The molecular formula is C16H23NO2. The van der Waals surface area contributed by atoms with E-state index in [-0.39, 0.29) is 12.5 Å². The highest BCUT2D eigenvalue weighted by atomic mass is 16.5. The third-order valence-electron chi connectivity index (χ3n) is 3.84. The normalized spacial score (nSPS) is 15.5. The average molecular weight is 261 g/mol. The van der Waals surface area contributed by atoms with Gasteiger partial charge in [0, 0.05) is 6.04 Å². The van der Waals surface area contributed by atoms with Crippen LogP contribution in [0.1, 0.15) is 42.4 Å². The van der Waals surface area contributed by atoms with Gasteiger partial charge in [-0.3, -0.25) is 4.79 Å². The highest BCUT2D eigenvalue weighted by molar-refractivity contribution is 5.77. The first kappa shape index (κ1) is 13.9. The van der Waals surface area contributed by atoms with Crippen molar-refractivity contribution in [3.63, 3.8) is 0 Å². The van der Waals surface area contributed by atoms with E-state index in [4.69, 9.17) is 4.74 Å². The molecule has 0 atom stereocenters. The molecule has 0 saturated heterocycles. The molecule has 3 nitrogen and oxygen atoms in total. The maximum atomic E-state index is 11.8. The minimum absolute atomic E-state index is 0.00883. The zero-order valence-electron chi connectivity index (χ0n) is 12.1. The van der Waals surface area contributed by atoms with Crippen LogP contribution < -0.4 is 10.1 Å². The molecule has 0 unspecified atom stereocenters. The highest BCUT2D eigenvalue weighted by Crippen LogP contribution is 2.23. The standard InChI is InChI=1S/C16H23NO2/c1-11-8-12(2)13(3)15(9-11)19-10-16(18)17-14-6-4-5-7-14/h8-9,14H,4-7,10H2,1-3H3,(H,17,18). The number of ether oxygens (including phenoxy) is 1. The lowest BCUT2D eigenvalue weighted by atomic mass is 10.1. The highest BCUT2D eigenvalue weighted by Gasteiger charge is 2.17. The van der Waals surface area contributed by atoms with Crippen molar-refractivity contribution in [2.75, 3.05) is 6.61 Å². The Morgan fingerprint density at radius 1 is 1.26 bits per heavy atom. The number of aryl methyl sites for hydroxylation is 2. The molecule has 1 fully saturated rings. The largest absolute Gasteiger partial charge is 0.483 e. The Morgan fingerprint density at radius 3 is 2.63 bits per heavy atom. The topological polar surface area (TPSA) is 38.3 Å². The lowest BCUT2D eigenvalue weighted by Crippen LogP contribution is -2.36. The van der Waals surface area contributed by atoms with Gasteiger partial charge in [-0.15, -0.1) is 0 Å². The third kappa shape index (κ3) is 3.72. The monoisotopic (exact) mass is 261 g/mol. The van der Waals surface area contributed by atoms with E-state index in [1.807, 2.05) is 19.9 Å². The number of rotatable bonds is 4. The fourth-order valence-corrected chi connectivity index (χ4v) is 2.63. The molecule has 1 aliphatic rings. The lowest BCUT2D eigenvalue weighted by molar-refractivity contribution is -0.123. The van der Waals surface area contributed by atoms with Crippen molar-refractivity contribution >= 4 is 5.91 Å². The Hall–Kier alpha value is -1.51. The molecular weight excluding hydrogens is 238 g/mol. The van der Waals surface area contributed by atoms with E-state index in [0.717, 1.165) is 29.7 Å². The Balaban J connectivity index is 1.89. The number of hydrogen-bond donors (Lipinski definition) is 1. The van der Waals surface area contributed by atoms with Crippen molar-refractivity contribution in [2.45, 2.75) is 52.5 Å². The molecule has 0 heterocycles. The maximum absolute atomic E-state index is 11.8. The van der Waals surface area contributed by atoms with Gasteiger partial charge in [0.1, 0.15) is 5.75 Å². The van der Waals surface area contributed by atoms with Crippen molar-refractivity contribution in [2.24, 2.45) is 0 Å². The number of carbonyl (C=O) groups is 1. The summed E-state index contributed by atoms with van der Waals surface area (Å²) >= 11 is 0. The van der Waals surface area contributed by atoms with Crippen LogP contribution in [0.15, 0.2) is 12.1 Å². The minimum Gasteiger partial charge on any atom is -0.483 e. The molecule has 3 heteroatoms. The van der Waals surface area contributed by atoms with Gasteiger partial charge in [0.25, 0.3) is 5.91 Å². The number of nitrogens with one attached hydrogen (secondary N) is 1. The van der Waals surface area contributed by atoms with Crippen LogP contribution in [0.25, 0.3) is 0 Å². The minimum atomic E-state index is -0.00883. The summed E-state index contributed by atoms with van der Waals surface area (Å²) in [4.78, 5) is 11.8. The third-order valence-corrected chi connectivity index (χ3v) is 3.84. The van der Waals surface area contributed by atoms with Crippen LogP contribution >= 0.6 is 0 Å². The molecule has 0 aliphatic heterocycles. The molecule has 1 aliphatic carbocycles. The summed E-state index contributed by atoms with van der Waals surface area (Å²) in [7, 11) is 0. The predicted octanol–water partition coefficient (Wildman–Crippen LogP) is 3.05.